The zero-order valence-electron chi connectivity index (χ0n) is 11.2. The Morgan fingerprint density at radius 1 is 1.50 bits per heavy atom. The minimum absolute atomic E-state index is 0.167. The molecule has 0 fully saturated rings. The van der Waals surface area contributed by atoms with Crippen LogP contribution in [0.2, 0.25) is 0 Å². The number of anilines is 1. The van der Waals surface area contributed by atoms with Gasteiger partial charge in [-0.15, -0.1) is 6.42 Å². The van der Waals surface area contributed by atoms with Gasteiger partial charge in [0.05, 0.1) is 6.54 Å². The van der Waals surface area contributed by atoms with Crippen LogP contribution in [0.4, 0.5) is 10.5 Å². The molecule has 0 spiro atoms. The highest BCUT2D eigenvalue weighted by Crippen LogP contribution is 2.32. The van der Waals surface area contributed by atoms with Gasteiger partial charge in [-0.25, -0.2) is 9.59 Å². The number of fused-ring (bicyclic) bond motifs is 1. The first-order chi connectivity index (χ1) is 9.60. The SMILES string of the molecule is C#CCN(CC)C(=O)N1c2ccccc2CC1C(=O)O. The van der Waals surface area contributed by atoms with Crippen LogP contribution in [0.5, 0.6) is 0 Å². The molecule has 0 saturated heterocycles. The van der Waals surface area contributed by atoms with Gasteiger partial charge in [-0.3, -0.25) is 4.90 Å². The van der Waals surface area contributed by atoms with Gasteiger partial charge in [0, 0.05) is 18.7 Å². The summed E-state index contributed by atoms with van der Waals surface area (Å²) in [6.07, 6.45) is 5.58. The minimum atomic E-state index is -1.01. The standard InChI is InChI=1S/C15H16N2O3/c1-3-9-16(4-2)15(20)17-12-8-6-5-7-11(12)10-13(17)14(18)19/h1,5-8,13H,4,9-10H2,2H3,(H,18,19). The minimum Gasteiger partial charge on any atom is -0.480 e. The van der Waals surface area contributed by atoms with Crippen LogP contribution in [-0.2, 0) is 11.2 Å². The van der Waals surface area contributed by atoms with E-state index >= 15 is 0 Å². The zero-order valence-corrected chi connectivity index (χ0v) is 11.2. The van der Waals surface area contributed by atoms with Crippen molar-refractivity contribution in [3.05, 3.63) is 29.8 Å². The third kappa shape index (κ3) is 2.32. The second-order valence-corrected chi connectivity index (χ2v) is 4.56. The van der Waals surface area contributed by atoms with E-state index in [1.54, 1.807) is 12.1 Å². The van der Waals surface area contributed by atoms with E-state index in [0.29, 0.717) is 18.7 Å². The lowest BCUT2D eigenvalue weighted by atomic mass is 10.1. The Hall–Kier alpha value is -2.48. The number of hydrogen-bond donors (Lipinski definition) is 1. The second-order valence-electron chi connectivity index (χ2n) is 4.56. The lowest BCUT2D eigenvalue weighted by Gasteiger charge is -2.29. The maximum Gasteiger partial charge on any atom is 0.327 e. The van der Waals surface area contributed by atoms with Gasteiger partial charge in [0.25, 0.3) is 0 Å². The molecule has 2 amide bonds. The number of carboxylic acid groups (broad SMARTS) is 1. The molecule has 0 saturated carbocycles. The first-order valence-corrected chi connectivity index (χ1v) is 6.42. The molecule has 1 heterocycles. The molecule has 1 atom stereocenters. The largest absolute Gasteiger partial charge is 0.480 e. The van der Waals surface area contributed by atoms with Gasteiger partial charge in [-0.2, -0.15) is 0 Å². The molecule has 0 aromatic heterocycles. The van der Waals surface area contributed by atoms with Crippen LogP contribution in [0.3, 0.4) is 0 Å². The predicted molar refractivity (Wildman–Crippen MR) is 75.5 cm³/mol. The monoisotopic (exact) mass is 272 g/mol. The second kappa shape index (κ2) is 5.66. The molecule has 2 rings (SSSR count). The van der Waals surface area contributed by atoms with Gasteiger partial charge in [0.1, 0.15) is 6.04 Å². The third-order valence-corrected chi connectivity index (χ3v) is 3.40. The highest BCUT2D eigenvalue weighted by atomic mass is 16.4. The highest BCUT2D eigenvalue weighted by Gasteiger charge is 2.39. The molecule has 0 aliphatic carbocycles. The van der Waals surface area contributed by atoms with Crippen LogP contribution in [0, 0.1) is 12.3 Å². The summed E-state index contributed by atoms with van der Waals surface area (Å²) in [5, 5.41) is 9.34. The molecule has 5 heteroatoms. The third-order valence-electron chi connectivity index (χ3n) is 3.40. The molecule has 1 unspecified atom stereocenters. The van der Waals surface area contributed by atoms with E-state index in [2.05, 4.69) is 5.92 Å². The topological polar surface area (TPSA) is 60.9 Å². The number of amides is 2. The van der Waals surface area contributed by atoms with Gasteiger partial charge < -0.3 is 10.0 Å². The molecule has 0 bridgehead atoms. The number of carboxylic acids is 1. The average Bonchev–Trinajstić information content (AvgIpc) is 2.83. The Morgan fingerprint density at radius 2 is 2.20 bits per heavy atom. The van der Waals surface area contributed by atoms with Crippen LogP contribution in [0.25, 0.3) is 0 Å². The van der Waals surface area contributed by atoms with Crippen molar-refractivity contribution in [3.63, 3.8) is 0 Å². The number of rotatable bonds is 3. The van der Waals surface area contributed by atoms with Crippen molar-refractivity contribution < 1.29 is 14.7 Å². The number of hydrogen-bond acceptors (Lipinski definition) is 2. The number of carbonyl (C=O) groups is 2. The molecule has 1 N–H and O–H groups in total. The molecule has 20 heavy (non-hydrogen) atoms. The fourth-order valence-electron chi connectivity index (χ4n) is 2.40. The number of urea groups is 1. The first-order valence-electron chi connectivity index (χ1n) is 6.42. The van der Waals surface area contributed by atoms with E-state index in [4.69, 9.17) is 6.42 Å². The van der Waals surface area contributed by atoms with Crippen molar-refractivity contribution in [2.24, 2.45) is 0 Å². The summed E-state index contributed by atoms with van der Waals surface area (Å²) in [6.45, 7) is 2.42. The van der Waals surface area contributed by atoms with E-state index in [-0.39, 0.29) is 12.6 Å². The van der Waals surface area contributed by atoms with Gasteiger partial charge in [0.15, 0.2) is 0 Å². The number of aliphatic carboxylic acids is 1. The van der Waals surface area contributed by atoms with Crippen molar-refractivity contribution in [1.82, 2.24) is 4.90 Å². The number of nitrogens with zero attached hydrogens (tertiary/aromatic N) is 2. The molecule has 5 nitrogen and oxygen atoms in total. The van der Waals surface area contributed by atoms with Crippen molar-refractivity contribution in [2.75, 3.05) is 18.0 Å². The summed E-state index contributed by atoms with van der Waals surface area (Å²) in [5.41, 5.74) is 1.52. The normalized spacial score (nSPS) is 16.4. The van der Waals surface area contributed by atoms with Crippen molar-refractivity contribution >= 4 is 17.7 Å². The summed E-state index contributed by atoms with van der Waals surface area (Å²) in [7, 11) is 0. The van der Waals surface area contributed by atoms with Gasteiger partial charge >= 0.3 is 12.0 Å². The van der Waals surface area contributed by atoms with Crippen LogP contribution in [0.15, 0.2) is 24.3 Å². The van der Waals surface area contributed by atoms with E-state index < -0.39 is 12.0 Å². The molecular weight excluding hydrogens is 256 g/mol. The zero-order chi connectivity index (χ0) is 14.7. The summed E-state index contributed by atoms with van der Waals surface area (Å²) in [6, 6.07) is 6.01. The number of benzene rings is 1. The van der Waals surface area contributed by atoms with Crippen molar-refractivity contribution in [1.29, 1.82) is 0 Å². The maximum atomic E-state index is 12.5. The summed E-state index contributed by atoms with van der Waals surface area (Å²) in [5.74, 6) is 1.41. The molecule has 1 aliphatic heterocycles. The number of para-hydroxylation sites is 1. The Morgan fingerprint density at radius 3 is 2.80 bits per heavy atom. The van der Waals surface area contributed by atoms with Crippen LogP contribution in [-0.4, -0.2) is 41.1 Å². The summed E-state index contributed by atoms with van der Waals surface area (Å²) >= 11 is 0. The van der Waals surface area contributed by atoms with Gasteiger partial charge in [-0.05, 0) is 18.6 Å². The fourth-order valence-corrected chi connectivity index (χ4v) is 2.40. The van der Waals surface area contributed by atoms with Crippen LogP contribution >= 0.6 is 0 Å². The molecule has 1 aromatic carbocycles. The Kier molecular flexibility index (Phi) is 3.94. The van der Waals surface area contributed by atoms with E-state index in [1.807, 2.05) is 19.1 Å². The lowest BCUT2D eigenvalue weighted by Crippen LogP contribution is -2.49. The van der Waals surface area contributed by atoms with Crippen LogP contribution in [0.1, 0.15) is 12.5 Å². The molecular formula is C15H16N2O3. The fraction of sp³-hybridized carbons (Fsp3) is 0.333. The molecule has 1 aromatic rings. The lowest BCUT2D eigenvalue weighted by molar-refractivity contribution is -0.138. The Bertz CT molecular complexity index is 577. The maximum absolute atomic E-state index is 12.5. The van der Waals surface area contributed by atoms with E-state index in [1.165, 1.54) is 9.80 Å². The Labute approximate surface area is 117 Å². The highest BCUT2D eigenvalue weighted by molar-refractivity contribution is 6.01. The van der Waals surface area contributed by atoms with E-state index in [9.17, 15) is 14.7 Å². The quantitative estimate of drug-likeness (QED) is 0.850. The molecule has 0 radical (unpaired) electrons. The van der Waals surface area contributed by atoms with Gasteiger partial charge in [-0.1, -0.05) is 24.1 Å². The first kappa shape index (κ1) is 13.9. The predicted octanol–water partition coefficient (Wildman–Crippen LogP) is 1.58. The van der Waals surface area contributed by atoms with Crippen molar-refractivity contribution in [2.45, 2.75) is 19.4 Å². The van der Waals surface area contributed by atoms with Crippen LogP contribution < -0.4 is 4.90 Å². The Balaban J connectivity index is 2.38. The van der Waals surface area contributed by atoms with Crippen molar-refractivity contribution in [3.8, 4) is 12.3 Å². The number of terminal acetylenes is 1. The molecule has 104 valence electrons. The average molecular weight is 272 g/mol. The van der Waals surface area contributed by atoms with E-state index in [0.717, 1.165) is 5.56 Å². The van der Waals surface area contributed by atoms with Gasteiger partial charge in [0.2, 0.25) is 0 Å². The smallest absolute Gasteiger partial charge is 0.327 e. The molecule has 1 aliphatic rings. The number of carbonyl (C=O) groups excluding carboxylic acids is 1. The summed E-state index contributed by atoms with van der Waals surface area (Å²) < 4.78 is 0. The summed E-state index contributed by atoms with van der Waals surface area (Å²) in [4.78, 5) is 26.7.